The fourth-order valence-electron chi connectivity index (χ4n) is 2.64. The molecule has 1 heterocycles. The van der Waals surface area contributed by atoms with Crippen LogP contribution in [0.4, 0.5) is 11.4 Å². The lowest BCUT2D eigenvalue weighted by Crippen LogP contribution is -2.41. The van der Waals surface area contributed by atoms with Gasteiger partial charge in [-0.15, -0.1) is 11.8 Å². The number of hydrogen-bond donors (Lipinski definition) is 2. The van der Waals surface area contributed by atoms with Gasteiger partial charge < -0.3 is 0 Å². The molecular formula is C20H14ClN5O6S. The van der Waals surface area contributed by atoms with Gasteiger partial charge in [-0.3, -0.25) is 40.7 Å². The second-order valence-electron chi connectivity index (χ2n) is 6.40. The number of halogens is 1. The molecule has 0 aliphatic carbocycles. The van der Waals surface area contributed by atoms with Gasteiger partial charge in [0.2, 0.25) is 0 Å². The summed E-state index contributed by atoms with van der Waals surface area (Å²) in [5.41, 5.74) is 4.70. The van der Waals surface area contributed by atoms with Gasteiger partial charge in [0, 0.05) is 35.7 Å². The van der Waals surface area contributed by atoms with Crippen LogP contribution in [0.5, 0.6) is 0 Å². The monoisotopic (exact) mass is 487 g/mol. The minimum atomic E-state index is -0.780. The van der Waals surface area contributed by atoms with E-state index in [-0.39, 0.29) is 21.8 Å². The molecule has 1 aromatic heterocycles. The Morgan fingerprint density at radius 2 is 1.73 bits per heavy atom. The number of hydrogen-bond acceptors (Lipinski definition) is 8. The third-order valence-corrected chi connectivity index (χ3v) is 5.60. The Kier molecular flexibility index (Phi) is 7.53. The van der Waals surface area contributed by atoms with E-state index in [1.807, 2.05) is 0 Å². The predicted octanol–water partition coefficient (Wildman–Crippen LogP) is 3.92. The van der Waals surface area contributed by atoms with E-state index in [9.17, 15) is 29.8 Å². The predicted molar refractivity (Wildman–Crippen MR) is 120 cm³/mol. The first kappa shape index (κ1) is 23.6. The second-order valence-corrected chi connectivity index (χ2v) is 7.77. The van der Waals surface area contributed by atoms with Gasteiger partial charge >= 0.3 is 0 Å². The first-order chi connectivity index (χ1) is 15.8. The number of nitrogens with zero attached hydrogens (tertiary/aromatic N) is 3. The van der Waals surface area contributed by atoms with E-state index in [1.165, 1.54) is 54.4 Å². The molecule has 0 radical (unpaired) electrons. The smallest absolute Gasteiger partial charge is 0.267 e. The van der Waals surface area contributed by atoms with Crippen LogP contribution in [-0.4, -0.2) is 26.6 Å². The van der Waals surface area contributed by atoms with Crippen molar-refractivity contribution in [3.63, 3.8) is 0 Å². The van der Waals surface area contributed by atoms with Crippen molar-refractivity contribution in [1.82, 2.24) is 15.8 Å². The topological polar surface area (TPSA) is 157 Å². The molecule has 13 heteroatoms. The molecule has 0 saturated carbocycles. The van der Waals surface area contributed by atoms with Crippen LogP contribution in [0.25, 0.3) is 0 Å². The van der Waals surface area contributed by atoms with Gasteiger partial charge in [0.25, 0.3) is 23.2 Å². The minimum Gasteiger partial charge on any atom is -0.267 e. The molecule has 0 unspecified atom stereocenters. The van der Waals surface area contributed by atoms with E-state index >= 15 is 0 Å². The lowest BCUT2D eigenvalue weighted by Gasteiger charge is -2.10. The van der Waals surface area contributed by atoms with Crippen molar-refractivity contribution < 1.29 is 19.4 Å². The zero-order chi connectivity index (χ0) is 24.0. The molecule has 2 N–H and O–H groups in total. The fourth-order valence-corrected chi connectivity index (χ4v) is 3.76. The molecule has 0 saturated heterocycles. The first-order valence-electron chi connectivity index (χ1n) is 9.12. The van der Waals surface area contributed by atoms with E-state index in [1.54, 1.807) is 12.1 Å². The van der Waals surface area contributed by atoms with E-state index in [2.05, 4.69) is 15.8 Å². The second kappa shape index (κ2) is 10.5. The van der Waals surface area contributed by atoms with Crippen LogP contribution < -0.4 is 10.9 Å². The van der Waals surface area contributed by atoms with Crippen molar-refractivity contribution >= 4 is 46.6 Å². The van der Waals surface area contributed by atoms with Crippen molar-refractivity contribution in [1.29, 1.82) is 0 Å². The summed E-state index contributed by atoms with van der Waals surface area (Å²) in [4.78, 5) is 49.7. The normalized spacial score (nSPS) is 10.3. The number of non-ortho nitro benzene ring substituents is 1. The van der Waals surface area contributed by atoms with E-state index in [4.69, 9.17) is 11.6 Å². The van der Waals surface area contributed by atoms with Crippen molar-refractivity contribution in [2.45, 2.75) is 10.8 Å². The Bertz CT molecular complexity index is 1260. The number of amides is 2. The highest BCUT2D eigenvalue weighted by atomic mass is 35.5. The number of thioether (sulfide) groups is 1. The highest BCUT2D eigenvalue weighted by Gasteiger charge is 2.18. The van der Waals surface area contributed by atoms with Crippen LogP contribution >= 0.6 is 23.4 Å². The van der Waals surface area contributed by atoms with Gasteiger partial charge in [0.05, 0.1) is 15.4 Å². The van der Waals surface area contributed by atoms with Crippen LogP contribution in [0, 0.1) is 20.2 Å². The summed E-state index contributed by atoms with van der Waals surface area (Å²) in [5.74, 6) is -1.13. The lowest BCUT2D eigenvalue weighted by molar-refractivity contribution is -0.385. The van der Waals surface area contributed by atoms with Gasteiger partial charge in [-0.05, 0) is 29.8 Å². The zero-order valence-electron chi connectivity index (χ0n) is 16.6. The van der Waals surface area contributed by atoms with Crippen LogP contribution in [-0.2, 0) is 5.75 Å². The third-order valence-electron chi connectivity index (χ3n) is 4.21. The van der Waals surface area contributed by atoms with Gasteiger partial charge in [0.15, 0.2) is 0 Å². The average molecular weight is 488 g/mol. The number of hydrazine groups is 1. The SMILES string of the molecule is O=C(NNC(=O)c1cccnc1SCc1cccc([N+](=O)[O-])c1)c1ccc(Cl)c([N+](=O)[O-])c1. The van der Waals surface area contributed by atoms with Gasteiger partial charge in [-0.25, -0.2) is 4.98 Å². The molecule has 2 amide bonds. The molecular weight excluding hydrogens is 474 g/mol. The van der Waals surface area contributed by atoms with Gasteiger partial charge in [-0.1, -0.05) is 23.7 Å². The summed E-state index contributed by atoms with van der Waals surface area (Å²) in [6.07, 6.45) is 1.48. The van der Waals surface area contributed by atoms with E-state index in [0.29, 0.717) is 16.3 Å². The van der Waals surface area contributed by atoms with Crippen molar-refractivity contribution in [3.8, 4) is 0 Å². The summed E-state index contributed by atoms with van der Waals surface area (Å²) in [6.45, 7) is 0. The molecule has 3 aromatic rings. The fraction of sp³-hybridized carbons (Fsp3) is 0.0500. The minimum absolute atomic E-state index is 0.0442. The molecule has 0 fully saturated rings. The summed E-state index contributed by atoms with van der Waals surface area (Å²) in [6, 6.07) is 12.6. The molecule has 0 atom stereocenters. The Labute approximate surface area is 195 Å². The van der Waals surface area contributed by atoms with E-state index in [0.717, 1.165) is 6.07 Å². The van der Waals surface area contributed by atoms with Gasteiger partial charge in [0.1, 0.15) is 10.0 Å². The van der Waals surface area contributed by atoms with E-state index < -0.39 is 27.3 Å². The number of nitro benzene ring substituents is 2. The molecule has 2 aromatic carbocycles. The Balaban J connectivity index is 1.67. The number of nitrogens with one attached hydrogen (secondary N) is 2. The third kappa shape index (κ3) is 6.02. The Hall–Kier alpha value is -4.03. The number of benzene rings is 2. The molecule has 0 aliphatic rings. The maximum absolute atomic E-state index is 12.6. The van der Waals surface area contributed by atoms with Crippen molar-refractivity contribution in [2.75, 3.05) is 0 Å². The number of carbonyl (C=O) groups excluding carboxylic acids is 2. The highest BCUT2D eigenvalue weighted by Crippen LogP contribution is 2.26. The van der Waals surface area contributed by atoms with Crippen LogP contribution in [0.3, 0.4) is 0 Å². The maximum Gasteiger partial charge on any atom is 0.288 e. The van der Waals surface area contributed by atoms with Crippen LogP contribution in [0.2, 0.25) is 5.02 Å². The average Bonchev–Trinajstić information content (AvgIpc) is 2.81. The Morgan fingerprint density at radius 3 is 2.45 bits per heavy atom. The standard InChI is InChI=1S/C20H14ClN5O6S/c21-16-7-6-13(10-17(16)26(31)32)18(27)23-24-19(28)15-5-2-8-22-20(15)33-11-12-3-1-4-14(9-12)25(29)30/h1-10H,11H2,(H,23,27)(H,24,28). The van der Waals surface area contributed by atoms with Crippen molar-refractivity contribution in [2.24, 2.45) is 0 Å². The van der Waals surface area contributed by atoms with Crippen LogP contribution in [0.1, 0.15) is 26.3 Å². The number of nitro groups is 2. The molecule has 33 heavy (non-hydrogen) atoms. The quantitative estimate of drug-likeness (QED) is 0.288. The summed E-state index contributed by atoms with van der Waals surface area (Å²) >= 11 is 6.92. The first-order valence-corrected chi connectivity index (χ1v) is 10.5. The molecule has 168 valence electrons. The Morgan fingerprint density at radius 1 is 0.970 bits per heavy atom. The van der Waals surface area contributed by atoms with Crippen molar-refractivity contribution in [3.05, 3.63) is 103 Å². The summed E-state index contributed by atoms with van der Waals surface area (Å²) < 4.78 is 0. The number of pyridine rings is 1. The molecule has 3 rings (SSSR count). The summed E-state index contributed by atoms with van der Waals surface area (Å²) in [7, 11) is 0. The molecule has 0 aliphatic heterocycles. The molecule has 0 spiro atoms. The number of rotatable bonds is 7. The largest absolute Gasteiger partial charge is 0.288 e. The zero-order valence-corrected chi connectivity index (χ0v) is 18.1. The molecule has 0 bridgehead atoms. The highest BCUT2D eigenvalue weighted by molar-refractivity contribution is 7.98. The van der Waals surface area contributed by atoms with Crippen LogP contribution in [0.15, 0.2) is 65.8 Å². The number of aromatic nitrogens is 1. The van der Waals surface area contributed by atoms with Gasteiger partial charge in [-0.2, -0.15) is 0 Å². The summed E-state index contributed by atoms with van der Waals surface area (Å²) in [5, 5.41) is 22.1. The number of carbonyl (C=O) groups is 2. The lowest BCUT2D eigenvalue weighted by atomic mass is 10.2. The molecule has 11 nitrogen and oxygen atoms in total. The maximum atomic E-state index is 12.6.